The van der Waals surface area contributed by atoms with E-state index < -0.39 is 0 Å². The van der Waals surface area contributed by atoms with E-state index in [0.29, 0.717) is 5.75 Å². The number of hydrogen-bond donors (Lipinski definition) is 1. The second-order valence-corrected chi connectivity index (χ2v) is 10.2. The van der Waals surface area contributed by atoms with Crippen molar-refractivity contribution in [1.82, 2.24) is 0 Å². The van der Waals surface area contributed by atoms with Crippen LogP contribution in [0.15, 0.2) is 24.3 Å². The molecule has 1 aromatic rings. The summed E-state index contributed by atoms with van der Waals surface area (Å²) >= 11 is 0. The highest BCUT2D eigenvalue weighted by Gasteiger charge is 1.99. The van der Waals surface area contributed by atoms with Crippen molar-refractivity contribution in [2.75, 3.05) is 0 Å². The van der Waals surface area contributed by atoms with Gasteiger partial charge in [-0.1, -0.05) is 166 Å². The van der Waals surface area contributed by atoms with Gasteiger partial charge in [-0.25, -0.2) is 0 Å². The van der Waals surface area contributed by atoms with Crippen LogP contribution in [0.25, 0.3) is 0 Å². The summed E-state index contributed by atoms with van der Waals surface area (Å²) in [7, 11) is 0. The Kier molecular flexibility index (Phi) is 21.1. The number of aryl methyl sites for hydroxylation is 1. The van der Waals surface area contributed by atoms with Crippen molar-refractivity contribution >= 4 is 0 Å². The lowest BCUT2D eigenvalue weighted by atomic mass is 10.0. The van der Waals surface area contributed by atoms with Gasteiger partial charge in [0.25, 0.3) is 0 Å². The van der Waals surface area contributed by atoms with Gasteiger partial charge in [0.2, 0.25) is 0 Å². The quantitative estimate of drug-likeness (QED) is 0.157. The molecule has 0 bridgehead atoms. The van der Waals surface area contributed by atoms with E-state index in [1.54, 1.807) is 6.07 Å². The molecule has 1 rings (SSSR count). The van der Waals surface area contributed by atoms with Gasteiger partial charge in [0.1, 0.15) is 5.75 Å². The monoisotopic (exact) mass is 444 g/mol. The van der Waals surface area contributed by atoms with Crippen LogP contribution in [0.2, 0.25) is 0 Å². The minimum absolute atomic E-state index is 0.464. The van der Waals surface area contributed by atoms with Crippen LogP contribution in [-0.4, -0.2) is 5.11 Å². The standard InChI is InChI=1S/C31H56O/c1-2-3-4-5-6-7-8-9-10-11-12-13-14-15-16-17-18-19-20-21-22-23-24-27-30-28-25-26-29-31(30)32/h25-26,28-29,32H,2-24,27H2,1H3. The largest absolute Gasteiger partial charge is 0.508 e. The average Bonchev–Trinajstić information content (AvgIpc) is 2.80. The van der Waals surface area contributed by atoms with Crippen LogP contribution in [-0.2, 0) is 6.42 Å². The van der Waals surface area contributed by atoms with E-state index in [2.05, 4.69) is 6.92 Å². The van der Waals surface area contributed by atoms with Crippen LogP contribution >= 0.6 is 0 Å². The van der Waals surface area contributed by atoms with Gasteiger partial charge in [0.15, 0.2) is 0 Å². The van der Waals surface area contributed by atoms with Crippen LogP contribution < -0.4 is 0 Å². The van der Waals surface area contributed by atoms with Crippen molar-refractivity contribution < 1.29 is 5.11 Å². The zero-order valence-corrected chi connectivity index (χ0v) is 21.7. The molecule has 186 valence electrons. The normalized spacial score (nSPS) is 11.3. The van der Waals surface area contributed by atoms with E-state index in [1.165, 1.54) is 148 Å². The zero-order chi connectivity index (χ0) is 23.0. The second kappa shape index (κ2) is 23.2. The minimum Gasteiger partial charge on any atom is -0.508 e. The van der Waals surface area contributed by atoms with Crippen molar-refractivity contribution in [3.63, 3.8) is 0 Å². The van der Waals surface area contributed by atoms with E-state index in [-0.39, 0.29) is 0 Å². The van der Waals surface area contributed by atoms with Gasteiger partial charge in [0, 0.05) is 0 Å². The van der Waals surface area contributed by atoms with Gasteiger partial charge in [-0.3, -0.25) is 0 Å². The Morgan fingerprint density at radius 3 is 1.09 bits per heavy atom. The Morgan fingerprint density at radius 1 is 0.438 bits per heavy atom. The molecule has 1 nitrogen and oxygen atoms in total. The van der Waals surface area contributed by atoms with Gasteiger partial charge in [0.05, 0.1) is 0 Å². The lowest BCUT2D eigenvalue weighted by Crippen LogP contribution is -1.87. The summed E-state index contributed by atoms with van der Waals surface area (Å²) < 4.78 is 0. The number of phenolic OH excluding ortho intramolecular Hbond substituents is 1. The maximum absolute atomic E-state index is 9.79. The van der Waals surface area contributed by atoms with Crippen molar-refractivity contribution in [1.29, 1.82) is 0 Å². The van der Waals surface area contributed by atoms with Crippen LogP contribution in [0.5, 0.6) is 5.75 Å². The number of para-hydroxylation sites is 1. The summed E-state index contributed by atoms with van der Waals surface area (Å²) in [5, 5.41) is 9.79. The minimum atomic E-state index is 0.464. The predicted octanol–water partition coefficient (Wildman–Crippen LogP) is 10.9. The van der Waals surface area contributed by atoms with Gasteiger partial charge in [-0.15, -0.1) is 0 Å². The van der Waals surface area contributed by atoms with Crippen LogP contribution in [0.4, 0.5) is 0 Å². The SMILES string of the molecule is CCCCCCCCCCCCCCCCCCCCCCCCCc1ccccc1O. The average molecular weight is 445 g/mol. The molecule has 0 heterocycles. The molecule has 0 aliphatic carbocycles. The first-order valence-electron chi connectivity index (χ1n) is 14.6. The molecule has 0 aromatic heterocycles. The first-order chi connectivity index (χ1) is 15.8. The molecule has 0 radical (unpaired) electrons. The van der Waals surface area contributed by atoms with Crippen molar-refractivity contribution in [3.05, 3.63) is 29.8 Å². The molecule has 0 fully saturated rings. The number of hydrogen-bond acceptors (Lipinski definition) is 1. The first kappa shape index (κ1) is 29.1. The fraction of sp³-hybridized carbons (Fsp3) is 0.806. The summed E-state index contributed by atoms with van der Waals surface area (Å²) in [6.07, 6.45) is 33.9. The summed E-state index contributed by atoms with van der Waals surface area (Å²) in [5.41, 5.74) is 1.11. The summed E-state index contributed by atoms with van der Waals surface area (Å²) in [4.78, 5) is 0. The third-order valence-corrected chi connectivity index (χ3v) is 7.04. The van der Waals surface area contributed by atoms with E-state index in [0.717, 1.165) is 12.0 Å². The third-order valence-electron chi connectivity index (χ3n) is 7.04. The number of unbranched alkanes of at least 4 members (excludes halogenated alkanes) is 22. The topological polar surface area (TPSA) is 20.2 Å². The molecule has 0 unspecified atom stereocenters. The molecule has 1 N–H and O–H groups in total. The van der Waals surface area contributed by atoms with Gasteiger partial charge in [-0.2, -0.15) is 0 Å². The molecule has 0 spiro atoms. The highest BCUT2D eigenvalue weighted by Crippen LogP contribution is 2.19. The smallest absolute Gasteiger partial charge is 0.118 e. The molecule has 0 amide bonds. The number of benzene rings is 1. The molecule has 0 aliphatic heterocycles. The third kappa shape index (κ3) is 18.6. The number of rotatable bonds is 24. The summed E-state index contributed by atoms with van der Waals surface area (Å²) in [5.74, 6) is 0.464. The predicted molar refractivity (Wildman–Crippen MR) is 144 cm³/mol. The maximum atomic E-state index is 9.79. The van der Waals surface area contributed by atoms with E-state index >= 15 is 0 Å². The summed E-state index contributed by atoms with van der Waals surface area (Å²) in [6.45, 7) is 2.30. The fourth-order valence-electron chi connectivity index (χ4n) is 4.82. The molecule has 0 saturated heterocycles. The maximum Gasteiger partial charge on any atom is 0.118 e. The molecular formula is C31H56O. The van der Waals surface area contributed by atoms with Gasteiger partial charge < -0.3 is 5.11 Å². The second-order valence-electron chi connectivity index (χ2n) is 10.2. The highest BCUT2D eigenvalue weighted by atomic mass is 16.3. The molecule has 0 aliphatic rings. The Bertz CT molecular complexity index is 495. The van der Waals surface area contributed by atoms with Gasteiger partial charge in [-0.05, 0) is 24.5 Å². The van der Waals surface area contributed by atoms with E-state index in [4.69, 9.17) is 0 Å². The van der Waals surface area contributed by atoms with Crippen molar-refractivity contribution in [3.8, 4) is 5.75 Å². The number of aromatic hydroxyl groups is 1. The lowest BCUT2D eigenvalue weighted by Gasteiger charge is -2.05. The molecule has 1 aromatic carbocycles. The van der Waals surface area contributed by atoms with Crippen molar-refractivity contribution in [2.45, 2.75) is 161 Å². The Balaban J connectivity index is 1.68. The highest BCUT2D eigenvalue weighted by molar-refractivity contribution is 5.31. The Labute approximate surface area is 201 Å². The Morgan fingerprint density at radius 2 is 0.750 bits per heavy atom. The van der Waals surface area contributed by atoms with Gasteiger partial charge >= 0.3 is 0 Å². The van der Waals surface area contributed by atoms with E-state index in [1.807, 2.05) is 18.2 Å². The zero-order valence-electron chi connectivity index (χ0n) is 21.7. The van der Waals surface area contributed by atoms with Crippen molar-refractivity contribution in [2.24, 2.45) is 0 Å². The fourth-order valence-corrected chi connectivity index (χ4v) is 4.82. The number of phenols is 1. The van der Waals surface area contributed by atoms with E-state index in [9.17, 15) is 5.11 Å². The molecule has 0 atom stereocenters. The van der Waals surface area contributed by atoms with Crippen LogP contribution in [0.1, 0.15) is 160 Å². The Hall–Kier alpha value is -0.980. The first-order valence-corrected chi connectivity index (χ1v) is 14.6. The molecular weight excluding hydrogens is 388 g/mol. The molecule has 32 heavy (non-hydrogen) atoms. The lowest BCUT2D eigenvalue weighted by molar-refractivity contribution is 0.465. The van der Waals surface area contributed by atoms with Crippen LogP contribution in [0, 0.1) is 0 Å². The van der Waals surface area contributed by atoms with Crippen LogP contribution in [0.3, 0.4) is 0 Å². The summed E-state index contributed by atoms with van der Waals surface area (Å²) in [6, 6.07) is 7.77. The molecule has 0 saturated carbocycles. The molecule has 1 heteroatoms.